The van der Waals surface area contributed by atoms with E-state index in [1.54, 1.807) is 22.3 Å². The van der Waals surface area contributed by atoms with Crippen LogP contribution >= 0.6 is 15.9 Å². The summed E-state index contributed by atoms with van der Waals surface area (Å²) in [6.45, 7) is 0.433. The van der Waals surface area contributed by atoms with Gasteiger partial charge in [-0.2, -0.15) is 5.10 Å². The van der Waals surface area contributed by atoms with Crippen LogP contribution in [-0.2, 0) is 9.71 Å². The van der Waals surface area contributed by atoms with E-state index in [4.69, 9.17) is 5.10 Å². The molecular weight excluding hydrogens is 492 g/mol. The molecule has 3 aromatic rings. The summed E-state index contributed by atoms with van der Waals surface area (Å²) in [5.74, 6) is 4.02. The molecule has 2 N–H and O–H groups in total. The molecule has 1 aliphatic rings. The number of hydrogen-bond acceptors (Lipinski definition) is 4. The van der Waals surface area contributed by atoms with Gasteiger partial charge < -0.3 is 10.4 Å². The third-order valence-electron chi connectivity index (χ3n) is 5.60. The number of carbonyl (C=O) groups is 1. The standard InChI is InChI=1S/C23H27BrN4O3S/c1-25-23(30)22-19-13-18(15-5-6-15)21(27(11-4-12-29)32(2,3)31)14-20(19)26-28(22)17-9-7-16(24)8-10-17/h7-10,13-15,29H,2,4-6,11-12H2,1,3H3,(H,25,30). The molecule has 1 aromatic heterocycles. The summed E-state index contributed by atoms with van der Waals surface area (Å²) in [4.78, 5) is 12.9. The van der Waals surface area contributed by atoms with Gasteiger partial charge in [0.15, 0.2) is 0 Å². The predicted octanol–water partition coefficient (Wildman–Crippen LogP) is 3.48. The highest BCUT2D eigenvalue weighted by Crippen LogP contribution is 2.46. The molecule has 0 radical (unpaired) electrons. The number of anilines is 1. The first-order valence-corrected chi connectivity index (χ1v) is 13.4. The number of aliphatic hydroxyl groups excluding tert-OH is 1. The zero-order chi connectivity index (χ0) is 23.0. The van der Waals surface area contributed by atoms with Crippen LogP contribution in [-0.4, -0.2) is 57.3 Å². The zero-order valence-corrected chi connectivity index (χ0v) is 20.6. The van der Waals surface area contributed by atoms with Gasteiger partial charge in [0.05, 0.1) is 16.9 Å². The Kier molecular flexibility index (Phi) is 6.33. The van der Waals surface area contributed by atoms with Crippen LogP contribution in [0.25, 0.3) is 16.6 Å². The molecule has 1 amide bonds. The van der Waals surface area contributed by atoms with E-state index in [0.29, 0.717) is 30.1 Å². The fourth-order valence-corrected chi connectivity index (χ4v) is 5.27. The summed E-state index contributed by atoms with van der Waals surface area (Å²) >= 11 is 3.45. The number of aromatic nitrogens is 2. The molecule has 1 aliphatic carbocycles. The number of amides is 1. The van der Waals surface area contributed by atoms with Crippen molar-refractivity contribution in [3.05, 3.63) is 52.1 Å². The number of hydrogen-bond donors (Lipinski definition) is 2. The van der Waals surface area contributed by atoms with E-state index < -0.39 is 9.71 Å². The van der Waals surface area contributed by atoms with Crippen molar-refractivity contribution in [2.45, 2.75) is 25.2 Å². The first-order valence-electron chi connectivity index (χ1n) is 10.5. The number of nitrogens with one attached hydrogen (secondary N) is 1. The average Bonchev–Trinajstić information content (AvgIpc) is 3.53. The van der Waals surface area contributed by atoms with Gasteiger partial charge in [0.1, 0.15) is 5.69 Å². The Morgan fingerprint density at radius 1 is 1.34 bits per heavy atom. The lowest BCUT2D eigenvalue weighted by Crippen LogP contribution is -2.32. The van der Waals surface area contributed by atoms with Crippen molar-refractivity contribution >= 4 is 54.0 Å². The molecule has 1 heterocycles. The quantitative estimate of drug-likeness (QED) is 0.447. The molecule has 7 nitrogen and oxygen atoms in total. The van der Waals surface area contributed by atoms with E-state index in [2.05, 4.69) is 27.1 Å². The molecular formula is C23H27BrN4O3S. The van der Waals surface area contributed by atoms with Gasteiger partial charge in [-0.15, -0.1) is 0 Å². The Morgan fingerprint density at radius 3 is 2.59 bits per heavy atom. The van der Waals surface area contributed by atoms with Crippen molar-refractivity contribution in [2.75, 3.05) is 30.8 Å². The molecule has 2 aromatic carbocycles. The summed E-state index contributed by atoms with van der Waals surface area (Å²) in [6, 6.07) is 11.5. The van der Waals surface area contributed by atoms with Crippen LogP contribution in [0.5, 0.6) is 0 Å². The van der Waals surface area contributed by atoms with Crippen molar-refractivity contribution in [2.24, 2.45) is 0 Å². The Bertz CT molecular complexity index is 1260. The molecule has 170 valence electrons. The van der Waals surface area contributed by atoms with Crippen LogP contribution in [0.15, 0.2) is 40.9 Å². The van der Waals surface area contributed by atoms with Crippen LogP contribution < -0.4 is 9.62 Å². The third kappa shape index (κ3) is 4.42. The molecule has 4 rings (SSSR count). The van der Waals surface area contributed by atoms with Crippen molar-refractivity contribution in [1.29, 1.82) is 0 Å². The summed E-state index contributed by atoms with van der Waals surface area (Å²) in [5.41, 5.74) is 3.75. The van der Waals surface area contributed by atoms with E-state index >= 15 is 0 Å². The van der Waals surface area contributed by atoms with Crippen molar-refractivity contribution in [3.63, 3.8) is 0 Å². The first-order chi connectivity index (χ1) is 15.2. The second-order valence-corrected chi connectivity index (χ2v) is 11.4. The van der Waals surface area contributed by atoms with Gasteiger partial charge in [0, 0.05) is 46.0 Å². The van der Waals surface area contributed by atoms with Crippen LogP contribution in [0.4, 0.5) is 5.69 Å². The maximum atomic E-state index is 13.0. The van der Waals surface area contributed by atoms with Gasteiger partial charge in [-0.3, -0.25) is 9.10 Å². The van der Waals surface area contributed by atoms with Crippen molar-refractivity contribution in [3.8, 4) is 5.69 Å². The normalized spacial score (nSPS) is 15.5. The fourth-order valence-electron chi connectivity index (χ4n) is 3.92. The minimum absolute atomic E-state index is 0.00599. The van der Waals surface area contributed by atoms with E-state index in [9.17, 15) is 14.1 Å². The number of rotatable bonds is 8. The highest BCUT2D eigenvalue weighted by atomic mass is 79.9. The van der Waals surface area contributed by atoms with Gasteiger partial charge in [0.25, 0.3) is 5.91 Å². The molecule has 9 heteroatoms. The summed E-state index contributed by atoms with van der Waals surface area (Å²) in [6.07, 6.45) is 4.19. The second-order valence-electron chi connectivity index (χ2n) is 8.16. The second kappa shape index (κ2) is 8.88. The Hall–Kier alpha value is -2.36. The topological polar surface area (TPSA) is 87.5 Å². The van der Waals surface area contributed by atoms with E-state index in [0.717, 1.165) is 39.6 Å². The first kappa shape index (κ1) is 22.8. The zero-order valence-electron chi connectivity index (χ0n) is 18.2. The number of nitrogens with zero attached hydrogens (tertiary/aromatic N) is 3. The van der Waals surface area contributed by atoms with E-state index in [-0.39, 0.29) is 12.5 Å². The highest BCUT2D eigenvalue weighted by Gasteiger charge is 2.31. The molecule has 32 heavy (non-hydrogen) atoms. The Labute approximate surface area is 196 Å². The van der Waals surface area contributed by atoms with Crippen LogP contribution in [0.2, 0.25) is 0 Å². The van der Waals surface area contributed by atoms with Gasteiger partial charge in [-0.05, 0) is 73.0 Å². The lowest BCUT2D eigenvalue weighted by molar-refractivity contribution is 0.0957. The van der Waals surface area contributed by atoms with Crippen LogP contribution in [0.1, 0.15) is 41.2 Å². The maximum Gasteiger partial charge on any atom is 0.270 e. The average molecular weight is 519 g/mol. The molecule has 0 spiro atoms. The van der Waals surface area contributed by atoms with Crippen LogP contribution in [0.3, 0.4) is 0 Å². The Morgan fingerprint density at radius 2 is 2.03 bits per heavy atom. The molecule has 0 saturated heterocycles. The number of carbonyl (C=O) groups excluding carboxylic acids is 1. The van der Waals surface area contributed by atoms with Crippen molar-refractivity contribution in [1.82, 2.24) is 15.1 Å². The SMILES string of the molecule is C=S(C)(=O)N(CCCO)c1cc2nn(-c3ccc(Br)cc3)c(C(=O)NC)c2cc1C1CC1. The molecule has 1 fully saturated rings. The Balaban J connectivity index is 1.97. The van der Waals surface area contributed by atoms with Crippen LogP contribution in [0, 0.1) is 0 Å². The summed E-state index contributed by atoms with van der Waals surface area (Å²) in [7, 11) is -0.959. The number of halogens is 1. The minimum atomic E-state index is -2.57. The van der Waals surface area contributed by atoms with Crippen molar-refractivity contribution < 1.29 is 14.1 Å². The molecule has 0 bridgehead atoms. The highest BCUT2D eigenvalue weighted by molar-refractivity contribution is 9.10. The van der Waals surface area contributed by atoms with Gasteiger partial charge >= 0.3 is 0 Å². The number of benzene rings is 2. The number of aliphatic hydroxyl groups is 1. The number of fused-ring (bicyclic) bond motifs is 1. The smallest absolute Gasteiger partial charge is 0.270 e. The monoisotopic (exact) mass is 518 g/mol. The molecule has 1 atom stereocenters. The predicted molar refractivity (Wildman–Crippen MR) is 134 cm³/mol. The van der Waals surface area contributed by atoms with E-state index in [1.165, 1.54) is 0 Å². The van der Waals surface area contributed by atoms with Gasteiger partial charge in [0.2, 0.25) is 0 Å². The lowest BCUT2D eigenvalue weighted by Gasteiger charge is -2.28. The lowest BCUT2D eigenvalue weighted by atomic mass is 10.0. The third-order valence-corrected chi connectivity index (χ3v) is 7.44. The van der Waals surface area contributed by atoms with E-state index in [1.807, 2.05) is 36.4 Å². The summed E-state index contributed by atoms with van der Waals surface area (Å²) < 4.78 is 17.4. The van der Waals surface area contributed by atoms with Gasteiger partial charge in [-0.25, -0.2) is 8.89 Å². The minimum Gasteiger partial charge on any atom is -0.396 e. The molecule has 0 aliphatic heterocycles. The fraction of sp³-hybridized carbons (Fsp3) is 0.348. The van der Waals surface area contributed by atoms with Gasteiger partial charge in [-0.1, -0.05) is 15.9 Å². The molecule has 1 unspecified atom stereocenters. The molecule has 1 saturated carbocycles. The summed E-state index contributed by atoms with van der Waals surface area (Å²) in [5, 5.41) is 17.6. The largest absolute Gasteiger partial charge is 0.396 e. The maximum absolute atomic E-state index is 13.0.